The van der Waals surface area contributed by atoms with Crippen LogP contribution in [0.2, 0.25) is 0 Å². The molecule has 0 fully saturated rings. The number of pyridine rings is 1. The quantitative estimate of drug-likeness (QED) is 0.515. The Morgan fingerprint density at radius 2 is 2.50 bits per heavy atom. The predicted molar refractivity (Wildman–Crippen MR) is 58.6 cm³/mol. The molecule has 0 bridgehead atoms. The van der Waals surface area contributed by atoms with Gasteiger partial charge in [-0.1, -0.05) is 11.7 Å². The lowest BCUT2D eigenvalue weighted by Crippen LogP contribution is -2.29. The number of hydrazine groups is 1. The van der Waals surface area contributed by atoms with Crippen molar-refractivity contribution in [2.45, 2.75) is 13.0 Å². The zero-order chi connectivity index (χ0) is 11.8. The standard InChI is InChI=1S/C10H16N4O2/c1-14(6-4-10(15)16-13-11)8-9-3-2-5-12-7-9/h2-3,5,7,13H,4,6,8,11H2,1H3. The van der Waals surface area contributed by atoms with Crippen LogP contribution < -0.4 is 11.4 Å². The van der Waals surface area contributed by atoms with Crippen molar-refractivity contribution in [2.24, 2.45) is 5.84 Å². The minimum absolute atomic E-state index is 0.293. The van der Waals surface area contributed by atoms with E-state index in [1.807, 2.05) is 29.7 Å². The molecule has 1 rings (SSSR count). The fraction of sp³-hybridized carbons (Fsp3) is 0.400. The highest BCUT2D eigenvalue weighted by Crippen LogP contribution is 2.01. The molecule has 0 aromatic carbocycles. The van der Waals surface area contributed by atoms with Gasteiger partial charge in [0.15, 0.2) is 0 Å². The van der Waals surface area contributed by atoms with Gasteiger partial charge in [-0.3, -0.25) is 9.78 Å². The van der Waals surface area contributed by atoms with Gasteiger partial charge in [0.2, 0.25) is 0 Å². The van der Waals surface area contributed by atoms with Crippen molar-refractivity contribution in [1.29, 1.82) is 0 Å². The van der Waals surface area contributed by atoms with Crippen molar-refractivity contribution in [3.63, 3.8) is 0 Å². The SMILES string of the molecule is CN(CCC(=O)ONN)Cc1cccnc1. The van der Waals surface area contributed by atoms with E-state index in [1.54, 1.807) is 12.4 Å². The van der Waals surface area contributed by atoms with E-state index in [0.717, 1.165) is 12.1 Å². The van der Waals surface area contributed by atoms with E-state index >= 15 is 0 Å². The molecular weight excluding hydrogens is 208 g/mol. The molecule has 0 aliphatic heterocycles. The minimum atomic E-state index is -0.375. The molecule has 1 aromatic rings. The Labute approximate surface area is 94.3 Å². The molecule has 1 heterocycles. The summed E-state index contributed by atoms with van der Waals surface area (Å²) >= 11 is 0. The molecule has 0 amide bonds. The van der Waals surface area contributed by atoms with Crippen molar-refractivity contribution in [2.75, 3.05) is 13.6 Å². The molecule has 6 nitrogen and oxygen atoms in total. The van der Waals surface area contributed by atoms with Gasteiger partial charge in [0.25, 0.3) is 0 Å². The Bertz CT molecular complexity index is 318. The number of hydrogen-bond donors (Lipinski definition) is 2. The summed E-state index contributed by atoms with van der Waals surface area (Å²) in [6.45, 7) is 1.35. The summed E-state index contributed by atoms with van der Waals surface area (Å²) in [7, 11) is 1.93. The van der Waals surface area contributed by atoms with Gasteiger partial charge in [-0.25, -0.2) is 5.84 Å². The summed E-state index contributed by atoms with van der Waals surface area (Å²) in [5.41, 5.74) is 2.97. The second-order valence-corrected chi connectivity index (χ2v) is 3.44. The maximum absolute atomic E-state index is 11.0. The highest BCUT2D eigenvalue weighted by molar-refractivity contribution is 5.69. The number of carbonyl (C=O) groups excluding carboxylic acids is 1. The van der Waals surface area contributed by atoms with Crippen molar-refractivity contribution in [3.8, 4) is 0 Å². The summed E-state index contributed by atoms with van der Waals surface area (Å²) in [5.74, 6) is 4.47. The van der Waals surface area contributed by atoms with E-state index in [0.29, 0.717) is 13.0 Å². The van der Waals surface area contributed by atoms with Crippen molar-refractivity contribution < 1.29 is 9.63 Å². The molecule has 0 spiro atoms. The number of nitrogens with zero attached hydrogens (tertiary/aromatic N) is 2. The number of nitrogens with two attached hydrogens (primary N) is 1. The van der Waals surface area contributed by atoms with Gasteiger partial charge in [0, 0.05) is 25.5 Å². The molecule has 0 saturated heterocycles. The number of hydrogen-bond acceptors (Lipinski definition) is 6. The zero-order valence-corrected chi connectivity index (χ0v) is 9.22. The van der Waals surface area contributed by atoms with Gasteiger partial charge in [-0.2, -0.15) is 0 Å². The van der Waals surface area contributed by atoms with Crippen molar-refractivity contribution in [1.82, 2.24) is 15.5 Å². The highest BCUT2D eigenvalue weighted by atomic mass is 16.7. The average molecular weight is 224 g/mol. The summed E-state index contributed by atoms with van der Waals surface area (Å²) in [6.07, 6.45) is 3.82. The molecule has 0 aliphatic rings. The number of carbonyl (C=O) groups is 1. The monoisotopic (exact) mass is 224 g/mol. The van der Waals surface area contributed by atoms with Gasteiger partial charge >= 0.3 is 5.97 Å². The first-order valence-electron chi connectivity index (χ1n) is 4.95. The third-order valence-corrected chi connectivity index (χ3v) is 2.05. The molecular formula is C10H16N4O2. The molecule has 0 unspecified atom stereocenters. The molecule has 0 atom stereocenters. The molecule has 16 heavy (non-hydrogen) atoms. The molecule has 6 heteroatoms. The van der Waals surface area contributed by atoms with Crippen LogP contribution >= 0.6 is 0 Å². The Kier molecular flexibility index (Phi) is 5.41. The van der Waals surface area contributed by atoms with E-state index in [4.69, 9.17) is 5.84 Å². The zero-order valence-electron chi connectivity index (χ0n) is 9.22. The largest absolute Gasteiger partial charge is 0.356 e. The molecule has 1 aromatic heterocycles. The fourth-order valence-electron chi connectivity index (χ4n) is 1.28. The van der Waals surface area contributed by atoms with Crippen molar-refractivity contribution >= 4 is 5.97 Å². The van der Waals surface area contributed by atoms with E-state index in [-0.39, 0.29) is 5.97 Å². The number of rotatable bonds is 6. The van der Waals surface area contributed by atoms with Crippen LogP contribution in [0.15, 0.2) is 24.5 Å². The minimum Gasteiger partial charge on any atom is -0.356 e. The van der Waals surface area contributed by atoms with Crippen LogP contribution in [0.4, 0.5) is 0 Å². The topological polar surface area (TPSA) is 80.5 Å². The fourth-order valence-corrected chi connectivity index (χ4v) is 1.28. The van der Waals surface area contributed by atoms with Gasteiger partial charge in [-0.05, 0) is 18.7 Å². The summed E-state index contributed by atoms with van der Waals surface area (Å²) in [6, 6.07) is 3.87. The number of nitrogens with one attached hydrogen (secondary N) is 1. The summed E-state index contributed by atoms with van der Waals surface area (Å²) < 4.78 is 0. The first kappa shape index (κ1) is 12.6. The third-order valence-electron chi connectivity index (χ3n) is 2.05. The number of aromatic nitrogens is 1. The molecule has 0 aliphatic carbocycles. The Balaban J connectivity index is 2.26. The Morgan fingerprint density at radius 1 is 1.69 bits per heavy atom. The predicted octanol–water partition coefficient (Wildman–Crippen LogP) is -0.175. The molecule has 0 saturated carbocycles. The van der Waals surface area contributed by atoms with Crippen LogP contribution in [0.1, 0.15) is 12.0 Å². The Morgan fingerprint density at radius 3 is 3.12 bits per heavy atom. The van der Waals surface area contributed by atoms with Gasteiger partial charge < -0.3 is 9.74 Å². The second-order valence-electron chi connectivity index (χ2n) is 3.44. The van der Waals surface area contributed by atoms with Crippen LogP contribution in [0.5, 0.6) is 0 Å². The first-order valence-corrected chi connectivity index (χ1v) is 4.95. The normalized spacial score (nSPS) is 10.4. The summed E-state index contributed by atoms with van der Waals surface area (Å²) in [4.78, 5) is 21.4. The van der Waals surface area contributed by atoms with E-state index < -0.39 is 0 Å². The van der Waals surface area contributed by atoms with Crippen molar-refractivity contribution in [3.05, 3.63) is 30.1 Å². The maximum atomic E-state index is 11.0. The lowest BCUT2D eigenvalue weighted by molar-refractivity contribution is -0.151. The van der Waals surface area contributed by atoms with Crippen LogP contribution in [-0.4, -0.2) is 29.4 Å². The third kappa shape index (κ3) is 4.83. The molecule has 88 valence electrons. The average Bonchev–Trinajstić information content (AvgIpc) is 2.28. The van der Waals surface area contributed by atoms with E-state index in [9.17, 15) is 4.79 Å². The van der Waals surface area contributed by atoms with Crippen LogP contribution in [0.25, 0.3) is 0 Å². The lowest BCUT2D eigenvalue weighted by Gasteiger charge is -2.15. The van der Waals surface area contributed by atoms with Crippen LogP contribution in [-0.2, 0) is 16.2 Å². The maximum Gasteiger partial charge on any atom is 0.327 e. The highest BCUT2D eigenvalue weighted by Gasteiger charge is 2.05. The molecule has 0 radical (unpaired) electrons. The van der Waals surface area contributed by atoms with E-state index in [1.165, 1.54) is 0 Å². The van der Waals surface area contributed by atoms with Crippen LogP contribution in [0, 0.1) is 0 Å². The van der Waals surface area contributed by atoms with Gasteiger partial charge in [0.1, 0.15) is 0 Å². The van der Waals surface area contributed by atoms with E-state index in [2.05, 4.69) is 9.82 Å². The van der Waals surface area contributed by atoms with Crippen LogP contribution in [0.3, 0.4) is 0 Å². The molecule has 3 N–H and O–H groups in total. The second kappa shape index (κ2) is 6.89. The van der Waals surface area contributed by atoms with Gasteiger partial charge in [0.05, 0.1) is 6.42 Å². The smallest absolute Gasteiger partial charge is 0.327 e. The lowest BCUT2D eigenvalue weighted by atomic mass is 10.2. The van der Waals surface area contributed by atoms with Gasteiger partial charge in [-0.15, -0.1) is 0 Å². The summed E-state index contributed by atoms with van der Waals surface area (Å²) in [5, 5.41) is 0. The Hall–Kier alpha value is -1.50. The first-order chi connectivity index (χ1) is 7.72.